The van der Waals surface area contributed by atoms with E-state index in [1.54, 1.807) is 0 Å². The zero-order valence-electron chi connectivity index (χ0n) is 8.37. The van der Waals surface area contributed by atoms with Crippen molar-refractivity contribution in [2.24, 2.45) is 11.8 Å². The van der Waals surface area contributed by atoms with Gasteiger partial charge in [0.25, 0.3) is 0 Å². The standard InChI is InChI=1S/C11H18N2/c1-3-5-13-8-10-6-12(4-2)7-11(10)9-13/h1,10-11H,4-9H2,2H3. The summed E-state index contributed by atoms with van der Waals surface area (Å²) >= 11 is 0. The first-order valence-electron chi connectivity index (χ1n) is 5.21. The van der Waals surface area contributed by atoms with Gasteiger partial charge in [-0.05, 0) is 18.4 Å². The minimum atomic E-state index is 0.846. The molecule has 0 bridgehead atoms. The zero-order valence-corrected chi connectivity index (χ0v) is 8.37. The first kappa shape index (κ1) is 9.05. The van der Waals surface area contributed by atoms with Crippen LogP contribution in [0.25, 0.3) is 0 Å². The molecule has 2 fully saturated rings. The molecule has 2 atom stereocenters. The van der Waals surface area contributed by atoms with Crippen LogP contribution >= 0.6 is 0 Å². The summed E-state index contributed by atoms with van der Waals surface area (Å²) in [6.07, 6.45) is 5.31. The van der Waals surface area contributed by atoms with Crippen molar-refractivity contribution in [1.29, 1.82) is 0 Å². The van der Waals surface area contributed by atoms with Crippen molar-refractivity contribution >= 4 is 0 Å². The van der Waals surface area contributed by atoms with Gasteiger partial charge in [-0.3, -0.25) is 4.90 Å². The van der Waals surface area contributed by atoms with Crippen LogP contribution in [0.3, 0.4) is 0 Å². The number of terminal acetylenes is 1. The number of hydrogen-bond acceptors (Lipinski definition) is 2. The predicted octanol–water partition coefficient (Wildman–Crippen LogP) is 0.503. The van der Waals surface area contributed by atoms with Gasteiger partial charge in [0.2, 0.25) is 0 Å². The molecule has 2 rings (SSSR count). The summed E-state index contributed by atoms with van der Waals surface area (Å²) in [5, 5.41) is 0. The second kappa shape index (κ2) is 3.69. The highest BCUT2D eigenvalue weighted by Gasteiger charge is 2.38. The lowest BCUT2D eigenvalue weighted by atomic mass is 10.0. The van der Waals surface area contributed by atoms with E-state index in [2.05, 4.69) is 22.6 Å². The second-order valence-electron chi connectivity index (χ2n) is 4.27. The van der Waals surface area contributed by atoms with Crippen LogP contribution in [0.1, 0.15) is 6.92 Å². The normalized spacial score (nSPS) is 34.8. The van der Waals surface area contributed by atoms with E-state index < -0.39 is 0 Å². The highest BCUT2D eigenvalue weighted by atomic mass is 15.2. The molecule has 0 aromatic heterocycles. The van der Waals surface area contributed by atoms with E-state index >= 15 is 0 Å². The Hall–Kier alpha value is -0.520. The first-order valence-corrected chi connectivity index (χ1v) is 5.21. The average molecular weight is 178 g/mol. The fraction of sp³-hybridized carbons (Fsp3) is 0.818. The van der Waals surface area contributed by atoms with Crippen LogP contribution in [0.5, 0.6) is 0 Å². The van der Waals surface area contributed by atoms with Crippen molar-refractivity contribution in [3.63, 3.8) is 0 Å². The van der Waals surface area contributed by atoms with Crippen LogP contribution in [0, 0.1) is 24.2 Å². The largest absolute Gasteiger partial charge is 0.303 e. The van der Waals surface area contributed by atoms with Crippen LogP contribution in [-0.4, -0.2) is 49.1 Å². The number of fused-ring (bicyclic) bond motifs is 1. The molecule has 0 amide bonds. The lowest BCUT2D eigenvalue weighted by Gasteiger charge is -2.17. The molecule has 0 saturated carbocycles. The molecule has 2 heteroatoms. The molecule has 0 N–H and O–H groups in total. The molecular weight excluding hydrogens is 160 g/mol. The predicted molar refractivity (Wildman–Crippen MR) is 54.4 cm³/mol. The van der Waals surface area contributed by atoms with E-state index in [9.17, 15) is 0 Å². The maximum Gasteiger partial charge on any atom is 0.0599 e. The Morgan fingerprint density at radius 1 is 1.15 bits per heavy atom. The van der Waals surface area contributed by atoms with E-state index in [0.29, 0.717) is 0 Å². The molecular formula is C11H18N2. The molecule has 0 aliphatic carbocycles. The van der Waals surface area contributed by atoms with Gasteiger partial charge in [0.1, 0.15) is 0 Å². The van der Waals surface area contributed by atoms with E-state index in [1.165, 1.54) is 32.7 Å². The second-order valence-corrected chi connectivity index (χ2v) is 4.27. The third-order valence-corrected chi connectivity index (χ3v) is 3.40. The highest BCUT2D eigenvalue weighted by molar-refractivity contribution is 4.97. The Labute approximate surface area is 80.9 Å². The summed E-state index contributed by atoms with van der Waals surface area (Å²) in [6.45, 7) is 9.35. The smallest absolute Gasteiger partial charge is 0.0599 e. The Kier molecular flexibility index (Phi) is 2.57. The van der Waals surface area contributed by atoms with E-state index in [-0.39, 0.29) is 0 Å². The molecule has 0 spiro atoms. The maximum atomic E-state index is 5.31. The van der Waals surface area contributed by atoms with Crippen molar-refractivity contribution in [3.05, 3.63) is 0 Å². The van der Waals surface area contributed by atoms with E-state index in [0.717, 1.165) is 18.4 Å². The summed E-state index contributed by atoms with van der Waals surface area (Å²) < 4.78 is 0. The summed E-state index contributed by atoms with van der Waals surface area (Å²) in [7, 11) is 0. The Morgan fingerprint density at radius 2 is 1.69 bits per heavy atom. The fourth-order valence-electron chi connectivity index (χ4n) is 2.70. The van der Waals surface area contributed by atoms with Crippen LogP contribution in [0.2, 0.25) is 0 Å². The third-order valence-electron chi connectivity index (χ3n) is 3.40. The molecule has 2 aliphatic rings. The van der Waals surface area contributed by atoms with Gasteiger partial charge >= 0.3 is 0 Å². The van der Waals surface area contributed by atoms with Gasteiger partial charge in [0.05, 0.1) is 6.54 Å². The van der Waals surface area contributed by atoms with Gasteiger partial charge in [-0.15, -0.1) is 6.42 Å². The summed E-state index contributed by atoms with van der Waals surface area (Å²) in [5.41, 5.74) is 0. The Morgan fingerprint density at radius 3 is 2.15 bits per heavy atom. The van der Waals surface area contributed by atoms with Gasteiger partial charge in [-0.25, -0.2) is 0 Å². The molecule has 2 heterocycles. The molecule has 2 aliphatic heterocycles. The average Bonchev–Trinajstić information content (AvgIpc) is 2.61. The molecule has 2 saturated heterocycles. The summed E-state index contributed by atoms with van der Waals surface area (Å²) in [4.78, 5) is 4.98. The number of nitrogens with zero attached hydrogens (tertiary/aromatic N) is 2. The zero-order chi connectivity index (χ0) is 9.26. The highest BCUT2D eigenvalue weighted by Crippen LogP contribution is 2.30. The molecule has 0 aromatic rings. The Bertz CT molecular complexity index is 205. The van der Waals surface area contributed by atoms with Crippen molar-refractivity contribution in [2.45, 2.75) is 6.92 Å². The lowest BCUT2D eigenvalue weighted by molar-refractivity contribution is 0.278. The van der Waals surface area contributed by atoms with Crippen LogP contribution in [-0.2, 0) is 0 Å². The maximum absolute atomic E-state index is 5.31. The van der Waals surface area contributed by atoms with Gasteiger partial charge in [-0.2, -0.15) is 0 Å². The van der Waals surface area contributed by atoms with Crippen molar-refractivity contribution in [1.82, 2.24) is 9.80 Å². The minimum Gasteiger partial charge on any atom is -0.303 e. The third kappa shape index (κ3) is 1.72. The van der Waals surface area contributed by atoms with E-state index in [1.807, 2.05) is 0 Å². The molecule has 13 heavy (non-hydrogen) atoms. The monoisotopic (exact) mass is 178 g/mol. The van der Waals surface area contributed by atoms with Gasteiger partial charge < -0.3 is 4.90 Å². The Balaban J connectivity index is 1.87. The molecule has 2 nitrogen and oxygen atoms in total. The van der Waals surface area contributed by atoms with Crippen LogP contribution in [0.4, 0.5) is 0 Å². The first-order chi connectivity index (χ1) is 6.33. The van der Waals surface area contributed by atoms with Gasteiger partial charge in [0, 0.05) is 26.2 Å². The summed E-state index contributed by atoms with van der Waals surface area (Å²) in [5.74, 6) is 4.53. The van der Waals surface area contributed by atoms with Crippen LogP contribution < -0.4 is 0 Å². The number of hydrogen-bond donors (Lipinski definition) is 0. The summed E-state index contributed by atoms with van der Waals surface area (Å²) in [6, 6.07) is 0. The van der Waals surface area contributed by atoms with Crippen molar-refractivity contribution in [2.75, 3.05) is 39.3 Å². The fourth-order valence-corrected chi connectivity index (χ4v) is 2.70. The van der Waals surface area contributed by atoms with Crippen LogP contribution in [0.15, 0.2) is 0 Å². The lowest BCUT2D eigenvalue weighted by Crippen LogP contribution is -2.28. The topological polar surface area (TPSA) is 6.48 Å². The van der Waals surface area contributed by atoms with Crippen molar-refractivity contribution < 1.29 is 0 Å². The van der Waals surface area contributed by atoms with Crippen molar-refractivity contribution in [3.8, 4) is 12.3 Å². The van der Waals surface area contributed by atoms with E-state index in [4.69, 9.17) is 6.42 Å². The molecule has 0 radical (unpaired) electrons. The quantitative estimate of drug-likeness (QED) is 0.568. The number of rotatable bonds is 2. The molecule has 2 unspecified atom stereocenters. The minimum absolute atomic E-state index is 0.846. The van der Waals surface area contributed by atoms with Gasteiger partial charge in [-0.1, -0.05) is 12.8 Å². The molecule has 72 valence electrons. The number of likely N-dealkylation sites (tertiary alicyclic amines) is 2. The van der Waals surface area contributed by atoms with Gasteiger partial charge in [0.15, 0.2) is 0 Å². The SMILES string of the molecule is C#CCN1CC2CN(CC)CC2C1. The molecule has 0 aromatic carbocycles.